The van der Waals surface area contributed by atoms with Crippen molar-refractivity contribution in [3.8, 4) is 0 Å². The molecule has 3 amide bonds. The van der Waals surface area contributed by atoms with Crippen LogP contribution in [-0.4, -0.2) is 27.5 Å². The molecule has 1 heterocycles. The molecule has 0 unspecified atom stereocenters. The van der Waals surface area contributed by atoms with Gasteiger partial charge in [-0.25, -0.2) is 4.90 Å². The summed E-state index contributed by atoms with van der Waals surface area (Å²) in [5.74, 6) is -1.56. The molecule has 5 aliphatic rings. The zero-order chi connectivity index (χ0) is 17.5. The Hall–Kier alpha value is -2.83. The molecule has 126 valence electrons. The summed E-state index contributed by atoms with van der Waals surface area (Å²) in [4.78, 5) is 49.5. The molecule has 2 bridgehead atoms. The highest BCUT2D eigenvalue weighted by atomic mass is 16.6. The van der Waals surface area contributed by atoms with E-state index in [1.807, 2.05) is 12.2 Å². The van der Waals surface area contributed by atoms with E-state index in [1.165, 1.54) is 18.2 Å². The van der Waals surface area contributed by atoms with Crippen LogP contribution in [0.1, 0.15) is 16.8 Å². The van der Waals surface area contributed by atoms with E-state index in [-0.39, 0.29) is 23.1 Å². The summed E-state index contributed by atoms with van der Waals surface area (Å²) >= 11 is 0. The Morgan fingerprint density at radius 2 is 1.68 bits per heavy atom. The third kappa shape index (κ3) is 1.78. The van der Waals surface area contributed by atoms with Crippen molar-refractivity contribution in [1.29, 1.82) is 0 Å². The molecule has 0 N–H and O–H groups in total. The first kappa shape index (κ1) is 14.5. The molecule has 1 aromatic rings. The lowest BCUT2D eigenvalue weighted by molar-refractivity contribution is -0.384. The van der Waals surface area contributed by atoms with Gasteiger partial charge in [0.2, 0.25) is 11.8 Å². The van der Waals surface area contributed by atoms with E-state index in [4.69, 9.17) is 0 Å². The highest BCUT2D eigenvalue weighted by Gasteiger charge is 2.67. The molecule has 1 saturated heterocycles. The number of rotatable bonds is 2. The fourth-order valence-corrected chi connectivity index (χ4v) is 5.04. The van der Waals surface area contributed by atoms with Gasteiger partial charge >= 0.3 is 0 Å². The van der Waals surface area contributed by atoms with Crippen LogP contribution in [0.4, 0.5) is 5.69 Å². The van der Waals surface area contributed by atoms with Gasteiger partial charge in [0.1, 0.15) is 0 Å². The van der Waals surface area contributed by atoms with E-state index in [0.717, 1.165) is 17.4 Å². The number of non-ortho nitro benzene ring substituents is 1. The first-order valence-corrected chi connectivity index (χ1v) is 8.34. The Kier molecular flexibility index (Phi) is 2.68. The van der Waals surface area contributed by atoms with Crippen molar-refractivity contribution in [2.24, 2.45) is 35.5 Å². The molecule has 2 saturated carbocycles. The summed E-state index contributed by atoms with van der Waals surface area (Å²) in [5.41, 5.74) is -0.259. The minimum absolute atomic E-state index is 0.0139. The van der Waals surface area contributed by atoms with E-state index >= 15 is 0 Å². The maximum absolute atomic E-state index is 12.9. The second-order valence-electron chi connectivity index (χ2n) is 7.28. The number of hydrogen-bond donors (Lipinski definition) is 0. The molecule has 25 heavy (non-hydrogen) atoms. The number of imide groups is 3. The minimum atomic E-state index is -0.763. The molecule has 1 aliphatic heterocycles. The summed E-state index contributed by atoms with van der Waals surface area (Å²) in [6.45, 7) is 0. The minimum Gasteiger partial charge on any atom is -0.274 e. The van der Waals surface area contributed by atoms with Gasteiger partial charge in [-0.05, 0) is 36.2 Å². The van der Waals surface area contributed by atoms with Gasteiger partial charge in [0.15, 0.2) is 0 Å². The normalized spacial score (nSPS) is 37.0. The van der Waals surface area contributed by atoms with Crippen LogP contribution in [0, 0.1) is 45.6 Å². The van der Waals surface area contributed by atoms with E-state index in [9.17, 15) is 24.5 Å². The van der Waals surface area contributed by atoms with Crippen LogP contribution in [0.3, 0.4) is 0 Å². The zero-order valence-electron chi connectivity index (χ0n) is 13.1. The highest BCUT2D eigenvalue weighted by Crippen LogP contribution is 2.65. The lowest BCUT2D eigenvalue weighted by Crippen LogP contribution is -2.40. The number of allylic oxidation sites excluding steroid dienone is 2. The van der Waals surface area contributed by atoms with Crippen molar-refractivity contribution >= 4 is 23.4 Å². The molecule has 0 spiro atoms. The molecule has 3 fully saturated rings. The average molecular weight is 338 g/mol. The van der Waals surface area contributed by atoms with Crippen molar-refractivity contribution in [2.45, 2.75) is 6.42 Å². The Morgan fingerprint density at radius 3 is 2.24 bits per heavy atom. The summed E-state index contributed by atoms with van der Waals surface area (Å²) in [5, 5.41) is 10.9. The maximum atomic E-state index is 12.9. The predicted molar refractivity (Wildman–Crippen MR) is 84.0 cm³/mol. The summed E-state index contributed by atoms with van der Waals surface area (Å²) in [6, 6.07) is 5.14. The second-order valence-corrected chi connectivity index (χ2v) is 7.28. The van der Waals surface area contributed by atoms with Crippen LogP contribution in [0.5, 0.6) is 0 Å². The lowest BCUT2D eigenvalue weighted by Gasteiger charge is -2.37. The molecule has 1 aromatic carbocycles. The SMILES string of the molecule is O=C(c1cccc([N+](=O)[O-])c1)N1C(=O)[C@@H]2[C@H]3C=C[C@@H]([C@@H]4C[C@H]34)[C@@H]2C1=O. The average Bonchev–Trinajstić information content (AvgIpc) is 3.39. The van der Waals surface area contributed by atoms with Crippen molar-refractivity contribution in [2.75, 3.05) is 0 Å². The number of nitro benzene ring substituents is 1. The number of benzene rings is 1. The van der Waals surface area contributed by atoms with Gasteiger partial charge in [0.05, 0.1) is 16.8 Å². The maximum Gasteiger partial charge on any atom is 0.270 e. The van der Waals surface area contributed by atoms with Gasteiger partial charge in [0, 0.05) is 17.7 Å². The predicted octanol–water partition coefficient (Wildman–Crippen LogP) is 1.79. The summed E-state index contributed by atoms with van der Waals surface area (Å²) in [7, 11) is 0. The number of carbonyl (C=O) groups is 3. The fraction of sp³-hybridized carbons (Fsp3) is 0.389. The highest BCUT2D eigenvalue weighted by molar-refractivity contribution is 6.21. The van der Waals surface area contributed by atoms with Gasteiger partial charge in [-0.2, -0.15) is 0 Å². The number of nitrogens with zero attached hydrogens (tertiary/aromatic N) is 2. The number of nitro groups is 1. The van der Waals surface area contributed by atoms with Crippen LogP contribution in [0.15, 0.2) is 36.4 Å². The van der Waals surface area contributed by atoms with Crippen molar-refractivity contribution in [3.63, 3.8) is 0 Å². The van der Waals surface area contributed by atoms with Gasteiger partial charge in [-0.15, -0.1) is 0 Å². The Morgan fingerprint density at radius 1 is 1.08 bits per heavy atom. The third-order valence-corrected chi connectivity index (χ3v) is 6.17. The zero-order valence-corrected chi connectivity index (χ0v) is 13.1. The first-order valence-electron chi connectivity index (χ1n) is 8.34. The number of carbonyl (C=O) groups excluding carboxylic acids is 3. The van der Waals surface area contributed by atoms with Crippen molar-refractivity contribution in [3.05, 3.63) is 52.1 Å². The van der Waals surface area contributed by atoms with Crippen LogP contribution in [0.2, 0.25) is 0 Å². The molecule has 6 rings (SSSR count). The topological polar surface area (TPSA) is 97.6 Å². The molecule has 0 aromatic heterocycles. The third-order valence-electron chi connectivity index (χ3n) is 6.17. The summed E-state index contributed by atoms with van der Waals surface area (Å²) < 4.78 is 0. The molecular formula is C18H14N2O5. The molecule has 0 radical (unpaired) electrons. The fourth-order valence-electron chi connectivity index (χ4n) is 5.04. The standard InChI is InChI=1S/C18H14N2O5/c21-16(8-2-1-3-9(6-8)20(24)25)19-17(22)14-10-4-5-11(13-7-12(10)13)15(14)18(19)23/h1-6,10-15H,7H2/t10-,11-,12-,13+,14-,15+/m0/s1. The number of amides is 3. The Bertz CT molecular complexity index is 855. The Balaban J connectivity index is 1.51. The monoisotopic (exact) mass is 338 g/mol. The van der Waals surface area contributed by atoms with Gasteiger partial charge < -0.3 is 0 Å². The second kappa shape index (κ2) is 4.62. The number of likely N-dealkylation sites (tertiary alicyclic amines) is 1. The van der Waals surface area contributed by atoms with E-state index < -0.39 is 34.5 Å². The quantitative estimate of drug-likeness (QED) is 0.354. The van der Waals surface area contributed by atoms with Crippen LogP contribution in [-0.2, 0) is 9.59 Å². The van der Waals surface area contributed by atoms with E-state index in [2.05, 4.69) is 0 Å². The van der Waals surface area contributed by atoms with Crippen molar-refractivity contribution < 1.29 is 19.3 Å². The van der Waals surface area contributed by atoms with Crippen LogP contribution in [0.25, 0.3) is 0 Å². The largest absolute Gasteiger partial charge is 0.274 e. The smallest absolute Gasteiger partial charge is 0.270 e. The van der Waals surface area contributed by atoms with E-state index in [0.29, 0.717) is 11.8 Å². The van der Waals surface area contributed by atoms with Gasteiger partial charge in [-0.1, -0.05) is 18.2 Å². The van der Waals surface area contributed by atoms with Gasteiger partial charge in [0.25, 0.3) is 11.6 Å². The van der Waals surface area contributed by atoms with Gasteiger partial charge in [-0.3, -0.25) is 24.5 Å². The molecular weight excluding hydrogens is 324 g/mol. The molecule has 7 heteroatoms. The summed E-state index contributed by atoms with van der Waals surface area (Å²) in [6.07, 6.45) is 5.12. The van der Waals surface area contributed by atoms with Crippen molar-refractivity contribution in [1.82, 2.24) is 4.90 Å². The molecule has 4 aliphatic carbocycles. The molecule has 7 nitrogen and oxygen atoms in total. The Labute approximate surface area is 142 Å². The lowest BCUT2D eigenvalue weighted by atomic mass is 9.63. The first-order chi connectivity index (χ1) is 12.0. The van der Waals surface area contributed by atoms with E-state index in [1.54, 1.807) is 0 Å². The van der Waals surface area contributed by atoms with Crippen LogP contribution >= 0.6 is 0 Å². The molecule has 6 atom stereocenters. The number of hydrogen-bond acceptors (Lipinski definition) is 5. The van der Waals surface area contributed by atoms with Crippen LogP contribution < -0.4 is 0 Å².